The summed E-state index contributed by atoms with van der Waals surface area (Å²) in [4.78, 5) is 27.3. The molecule has 6 heteroatoms. The normalized spacial score (nSPS) is 12.4. The SMILES string of the molecule is CCN(CC)C(=O)C(C)NCc1csc(=O)[nH]1. The molecule has 96 valence electrons. The van der Waals surface area contributed by atoms with Crippen LogP contribution in [0.25, 0.3) is 0 Å². The molecule has 0 fully saturated rings. The number of hydrogen-bond acceptors (Lipinski definition) is 4. The summed E-state index contributed by atoms with van der Waals surface area (Å²) >= 11 is 1.13. The predicted octanol–water partition coefficient (Wildman–Crippen LogP) is 0.783. The average molecular weight is 257 g/mol. The van der Waals surface area contributed by atoms with Gasteiger partial charge < -0.3 is 15.2 Å². The molecule has 0 bridgehead atoms. The van der Waals surface area contributed by atoms with Crippen LogP contribution in [0.5, 0.6) is 0 Å². The zero-order chi connectivity index (χ0) is 12.8. The summed E-state index contributed by atoms with van der Waals surface area (Å²) < 4.78 is 0. The molecule has 5 nitrogen and oxygen atoms in total. The number of carbonyl (C=O) groups is 1. The molecule has 0 saturated heterocycles. The molecule has 0 saturated carbocycles. The third-order valence-corrected chi connectivity index (χ3v) is 3.33. The highest BCUT2D eigenvalue weighted by molar-refractivity contribution is 7.07. The molecule has 1 aromatic rings. The number of hydrogen-bond donors (Lipinski definition) is 2. The monoisotopic (exact) mass is 257 g/mol. The third kappa shape index (κ3) is 3.98. The van der Waals surface area contributed by atoms with Crippen LogP contribution in [0.4, 0.5) is 0 Å². The molecular formula is C11H19N3O2S. The first-order valence-corrected chi connectivity index (χ1v) is 6.65. The lowest BCUT2D eigenvalue weighted by Crippen LogP contribution is -2.44. The standard InChI is InChI=1S/C11H19N3O2S/c1-4-14(5-2)10(15)8(3)12-6-9-7-17-11(16)13-9/h7-8,12H,4-6H2,1-3H3,(H,13,16). The third-order valence-electron chi connectivity index (χ3n) is 2.62. The van der Waals surface area contributed by atoms with Crippen LogP contribution in [0.3, 0.4) is 0 Å². The van der Waals surface area contributed by atoms with E-state index in [1.54, 1.807) is 10.3 Å². The van der Waals surface area contributed by atoms with Gasteiger partial charge in [0.25, 0.3) is 0 Å². The Morgan fingerprint density at radius 1 is 1.53 bits per heavy atom. The van der Waals surface area contributed by atoms with Crippen LogP contribution in [-0.2, 0) is 11.3 Å². The van der Waals surface area contributed by atoms with Crippen molar-refractivity contribution in [1.29, 1.82) is 0 Å². The molecule has 0 aliphatic heterocycles. The molecule has 17 heavy (non-hydrogen) atoms. The Bertz CT molecular complexity index is 409. The largest absolute Gasteiger partial charge is 0.342 e. The number of H-pyrrole nitrogens is 1. The molecule has 2 N–H and O–H groups in total. The van der Waals surface area contributed by atoms with Crippen molar-refractivity contribution >= 4 is 17.2 Å². The zero-order valence-electron chi connectivity index (χ0n) is 10.4. The molecule has 1 heterocycles. The number of thiazole rings is 1. The minimum absolute atomic E-state index is 0.0653. The Morgan fingerprint density at radius 3 is 2.65 bits per heavy atom. The van der Waals surface area contributed by atoms with Gasteiger partial charge in [-0.2, -0.15) is 0 Å². The fraction of sp³-hybridized carbons (Fsp3) is 0.636. The van der Waals surface area contributed by atoms with Gasteiger partial charge in [-0.1, -0.05) is 11.3 Å². The van der Waals surface area contributed by atoms with Gasteiger partial charge in [0.05, 0.1) is 6.04 Å². The van der Waals surface area contributed by atoms with Crippen molar-refractivity contribution in [2.45, 2.75) is 33.4 Å². The van der Waals surface area contributed by atoms with Crippen molar-refractivity contribution in [3.63, 3.8) is 0 Å². The van der Waals surface area contributed by atoms with Gasteiger partial charge in [0.2, 0.25) is 5.91 Å². The van der Waals surface area contributed by atoms with Crippen LogP contribution in [0.15, 0.2) is 10.2 Å². The van der Waals surface area contributed by atoms with E-state index in [4.69, 9.17) is 0 Å². The Kier molecular flexibility index (Phi) is 5.37. The maximum atomic E-state index is 11.9. The van der Waals surface area contributed by atoms with Gasteiger partial charge in [-0.05, 0) is 20.8 Å². The van der Waals surface area contributed by atoms with Crippen molar-refractivity contribution in [1.82, 2.24) is 15.2 Å². The molecule has 0 radical (unpaired) electrons. The summed E-state index contributed by atoms with van der Waals surface area (Å²) in [5.74, 6) is 0.0903. The highest BCUT2D eigenvalue weighted by Crippen LogP contribution is 1.98. The fourth-order valence-corrected chi connectivity index (χ4v) is 2.14. The van der Waals surface area contributed by atoms with Crippen LogP contribution in [0.2, 0.25) is 0 Å². The highest BCUT2D eigenvalue weighted by Gasteiger charge is 2.17. The number of aromatic nitrogens is 1. The first-order valence-electron chi connectivity index (χ1n) is 5.77. The van der Waals surface area contributed by atoms with E-state index in [0.29, 0.717) is 6.54 Å². The van der Waals surface area contributed by atoms with Gasteiger partial charge in [-0.25, -0.2) is 0 Å². The lowest BCUT2D eigenvalue weighted by molar-refractivity contribution is -0.132. The molecule has 1 amide bonds. The predicted molar refractivity (Wildman–Crippen MR) is 69.2 cm³/mol. The fourth-order valence-electron chi connectivity index (χ4n) is 1.56. The molecule has 1 unspecified atom stereocenters. The van der Waals surface area contributed by atoms with E-state index in [1.165, 1.54) is 0 Å². The number of nitrogens with one attached hydrogen (secondary N) is 2. The van der Waals surface area contributed by atoms with Gasteiger partial charge in [0.1, 0.15) is 0 Å². The number of carbonyl (C=O) groups excluding carboxylic acids is 1. The summed E-state index contributed by atoms with van der Waals surface area (Å²) in [5, 5.41) is 4.87. The molecule has 0 aliphatic carbocycles. The van der Waals surface area contributed by atoms with Crippen molar-refractivity contribution in [3.05, 3.63) is 20.7 Å². The van der Waals surface area contributed by atoms with Gasteiger partial charge in [0.15, 0.2) is 0 Å². The Balaban J connectivity index is 2.46. The quantitative estimate of drug-likeness (QED) is 0.791. The minimum Gasteiger partial charge on any atom is -0.342 e. The molecule has 0 spiro atoms. The van der Waals surface area contributed by atoms with Crippen LogP contribution in [0.1, 0.15) is 26.5 Å². The molecule has 0 aromatic carbocycles. The lowest BCUT2D eigenvalue weighted by atomic mass is 10.2. The van der Waals surface area contributed by atoms with Crippen LogP contribution < -0.4 is 10.2 Å². The van der Waals surface area contributed by atoms with Crippen LogP contribution >= 0.6 is 11.3 Å². The van der Waals surface area contributed by atoms with E-state index >= 15 is 0 Å². The zero-order valence-corrected chi connectivity index (χ0v) is 11.3. The topological polar surface area (TPSA) is 65.2 Å². The summed E-state index contributed by atoms with van der Waals surface area (Å²) in [5.41, 5.74) is 0.819. The lowest BCUT2D eigenvalue weighted by Gasteiger charge is -2.23. The maximum Gasteiger partial charge on any atom is 0.304 e. The second kappa shape index (κ2) is 6.56. The number of aromatic amines is 1. The van der Waals surface area contributed by atoms with Crippen LogP contribution in [0, 0.1) is 0 Å². The van der Waals surface area contributed by atoms with Crippen LogP contribution in [-0.4, -0.2) is 34.9 Å². The Morgan fingerprint density at radius 2 is 2.18 bits per heavy atom. The maximum absolute atomic E-state index is 11.9. The number of likely N-dealkylation sites (N-methyl/N-ethyl adjacent to an activating group) is 1. The number of rotatable bonds is 6. The Hall–Kier alpha value is -1.14. The van der Waals surface area contributed by atoms with Crippen molar-refractivity contribution in [2.75, 3.05) is 13.1 Å². The second-order valence-electron chi connectivity index (χ2n) is 3.79. The first kappa shape index (κ1) is 13.9. The summed E-state index contributed by atoms with van der Waals surface area (Å²) in [6.07, 6.45) is 0. The smallest absolute Gasteiger partial charge is 0.304 e. The molecule has 1 atom stereocenters. The van der Waals surface area contributed by atoms with Crippen molar-refractivity contribution < 1.29 is 4.79 Å². The summed E-state index contributed by atoms with van der Waals surface area (Å²) in [6, 6.07) is -0.238. The van der Waals surface area contributed by atoms with Gasteiger partial charge in [-0.15, -0.1) is 0 Å². The molecule has 0 aliphatic rings. The van der Waals surface area contributed by atoms with E-state index in [0.717, 1.165) is 30.1 Å². The average Bonchev–Trinajstić information content (AvgIpc) is 2.73. The van der Waals surface area contributed by atoms with Gasteiger partial charge >= 0.3 is 4.87 Å². The van der Waals surface area contributed by atoms with Gasteiger partial charge in [0, 0.05) is 30.7 Å². The van der Waals surface area contributed by atoms with E-state index in [9.17, 15) is 9.59 Å². The minimum atomic E-state index is -0.238. The molecular weight excluding hydrogens is 238 g/mol. The van der Waals surface area contributed by atoms with E-state index in [-0.39, 0.29) is 16.8 Å². The van der Waals surface area contributed by atoms with E-state index in [2.05, 4.69) is 10.3 Å². The van der Waals surface area contributed by atoms with Crippen molar-refractivity contribution in [3.8, 4) is 0 Å². The highest BCUT2D eigenvalue weighted by atomic mass is 32.1. The second-order valence-corrected chi connectivity index (χ2v) is 4.63. The van der Waals surface area contributed by atoms with Crippen molar-refractivity contribution in [2.24, 2.45) is 0 Å². The molecule has 1 aromatic heterocycles. The first-order chi connectivity index (χ1) is 8.08. The van der Waals surface area contributed by atoms with E-state index < -0.39 is 0 Å². The Labute approximate surface area is 105 Å². The van der Waals surface area contributed by atoms with E-state index in [1.807, 2.05) is 20.8 Å². The summed E-state index contributed by atoms with van der Waals surface area (Å²) in [6.45, 7) is 7.71. The number of amides is 1. The van der Waals surface area contributed by atoms with Gasteiger partial charge in [-0.3, -0.25) is 9.59 Å². The summed E-state index contributed by atoms with van der Waals surface area (Å²) in [7, 11) is 0. The molecule has 1 rings (SSSR count). The number of nitrogens with zero attached hydrogens (tertiary/aromatic N) is 1.